The van der Waals surface area contributed by atoms with E-state index in [0.29, 0.717) is 26.2 Å². The average molecular weight is 469 g/mol. The molecule has 0 aliphatic carbocycles. The first kappa shape index (κ1) is 23.5. The molecule has 1 unspecified atom stereocenters. The molecular weight excluding hydrogens is 445 g/mol. The van der Waals surface area contributed by atoms with Crippen LogP contribution in [0.1, 0.15) is 23.6 Å². The van der Waals surface area contributed by atoms with Gasteiger partial charge in [-0.1, -0.05) is 12.1 Å². The van der Waals surface area contributed by atoms with Crippen molar-refractivity contribution in [2.24, 2.45) is 0 Å². The fourth-order valence-corrected chi connectivity index (χ4v) is 4.37. The minimum absolute atomic E-state index is 0.127. The van der Waals surface area contributed by atoms with Gasteiger partial charge >= 0.3 is 0 Å². The van der Waals surface area contributed by atoms with Crippen LogP contribution >= 0.6 is 0 Å². The summed E-state index contributed by atoms with van der Waals surface area (Å²) in [5, 5.41) is 22.7. The number of carbonyl (C=O) groups is 2. The fourth-order valence-electron chi connectivity index (χ4n) is 4.37. The Morgan fingerprint density at radius 3 is 2.44 bits per heavy atom. The first-order valence-electron chi connectivity index (χ1n) is 11.0. The van der Waals surface area contributed by atoms with Crippen LogP contribution in [-0.4, -0.2) is 70.9 Å². The number of ketones is 1. The number of Topliss-reactive ketones (excluding diaryl/α,β-unsaturated/α-hetero) is 1. The molecule has 1 amide bonds. The molecule has 2 aliphatic rings. The third-order valence-corrected chi connectivity index (χ3v) is 6.06. The predicted octanol–water partition coefficient (Wildman–Crippen LogP) is 2.88. The van der Waals surface area contributed by atoms with E-state index < -0.39 is 34.2 Å². The van der Waals surface area contributed by atoms with Crippen LogP contribution in [0.3, 0.4) is 0 Å². The molecule has 0 bridgehead atoms. The van der Waals surface area contributed by atoms with E-state index in [9.17, 15) is 29.2 Å². The first-order chi connectivity index (χ1) is 16.4. The number of hydrogen-bond acceptors (Lipinski definition) is 7. The molecule has 2 aromatic rings. The van der Waals surface area contributed by atoms with Crippen molar-refractivity contribution >= 4 is 23.1 Å². The molecule has 2 heterocycles. The Morgan fingerprint density at radius 2 is 1.76 bits per heavy atom. The number of halogens is 1. The van der Waals surface area contributed by atoms with E-state index in [-0.39, 0.29) is 28.9 Å². The summed E-state index contributed by atoms with van der Waals surface area (Å²) in [5.41, 5.74) is -0.257. The van der Waals surface area contributed by atoms with Crippen molar-refractivity contribution in [3.63, 3.8) is 0 Å². The molecule has 2 aliphatic heterocycles. The Bertz CT molecular complexity index is 1130. The van der Waals surface area contributed by atoms with Crippen LogP contribution in [0, 0.1) is 15.9 Å². The second kappa shape index (κ2) is 10.1. The van der Waals surface area contributed by atoms with Crippen molar-refractivity contribution in [1.82, 2.24) is 9.80 Å². The zero-order chi connectivity index (χ0) is 24.2. The number of aliphatic hydroxyl groups is 1. The molecule has 0 spiro atoms. The molecule has 34 heavy (non-hydrogen) atoms. The van der Waals surface area contributed by atoms with E-state index in [4.69, 9.17) is 4.74 Å². The van der Waals surface area contributed by atoms with Gasteiger partial charge in [-0.15, -0.1) is 0 Å². The molecule has 0 saturated carbocycles. The summed E-state index contributed by atoms with van der Waals surface area (Å²) in [6.07, 6.45) is 0.529. The van der Waals surface area contributed by atoms with Crippen LogP contribution in [-0.2, 0) is 14.3 Å². The number of amides is 1. The van der Waals surface area contributed by atoms with Gasteiger partial charge in [0.25, 0.3) is 17.4 Å². The van der Waals surface area contributed by atoms with Crippen LogP contribution in [0.2, 0.25) is 0 Å². The van der Waals surface area contributed by atoms with Gasteiger partial charge in [-0.25, -0.2) is 4.39 Å². The van der Waals surface area contributed by atoms with Gasteiger partial charge in [0.1, 0.15) is 11.6 Å². The number of rotatable bonds is 7. The SMILES string of the molecule is O=C1C(=O)N(CCCN2CCOCC2)C(c2ccccc2[N+](=O)[O-])/C1=C(/O)c1ccc(F)cc1. The largest absolute Gasteiger partial charge is 0.507 e. The van der Waals surface area contributed by atoms with E-state index in [1.165, 1.54) is 35.2 Å². The van der Waals surface area contributed by atoms with Gasteiger partial charge in [0.05, 0.1) is 35.3 Å². The van der Waals surface area contributed by atoms with Crippen molar-refractivity contribution in [3.8, 4) is 0 Å². The Hall–Kier alpha value is -3.63. The Balaban J connectivity index is 1.73. The molecule has 4 rings (SSSR count). The lowest BCUT2D eigenvalue weighted by atomic mass is 9.94. The smallest absolute Gasteiger partial charge is 0.295 e. The summed E-state index contributed by atoms with van der Waals surface area (Å²) in [6.45, 7) is 3.59. The molecule has 2 fully saturated rings. The number of morpholine rings is 1. The van der Waals surface area contributed by atoms with Crippen LogP contribution in [0.4, 0.5) is 10.1 Å². The maximum absolute atomic E-state index is 13.4. The highest BCUT2D eigenvalue weighted by Gasteiger charge is 2.47. The molecule has 0 aromatic heterocycles. The standard InChI is InChI=1S/C24H24FN3O6/c25-17-8-6-16(7-9-17)22(29)20-21(18-4-1-2-5-19(18)28(32)33)27(24(31)23(20)30)11-3-10-26-12-14-34-15-13-26/h1-2,4-9,21,29H,3,10-15H2/b22-20-. The van der Waals surface area contributed by atoms with E-state index in [0.717, 1.165) is 25.2 Å². The Labute approximate surface area is 195 Å². The van der Waals surface area contributed by atoms with Gasteiger partial charge in [-0.3, -0.25) is 24.6 Å². The van der Waals surface area contributed by atoms with Gasteiger partial charge in [0.15, 0.2) is 0 Å². The molecule has 178 valence electrons. The second-order valence-electron chi connectivity index (χ2n) is 8.12. The maximum Gasteiger partial charge on any atom is 0.295 e. The molecule has 1 atom stereocenters. The number of hydrogen-bond donors (Lipinski definition) is 1. The zero-order valence-electron chi connectivity index (χ0n) is 18.4. The summed E-state index contributed by atoms with van der Waals surface area (Å²) in [6, 6.07) is 9.50. The minimum Gasteiger partial charge on any atom is -0.507 e. The van der Waals surface area contributed by atoms with Crippen LogP contribution in [0.25, 0.3) is 5.76 Å². The lowest BCUT2D eigenvalue weighted by molar-refractivity contribution is -0.385. The molecule has 10 heteroatoms. The molecular formula is C24H24FN3O6. The number of aliphatic hydroxyl groups excluding tert-OH is 1. The molecule has 1 N–H and O–H groups in total. The van der Waals surface area contributed by atoms with Gasteiger partial charge < -0.3 is 14.7 Å². The third kappa shape index (κ3) is 4.68. The summed E-state index contributed by atoms with van der Waals surface area (Å²) in [4.78, 5) is 40.7. The van der Waals surface area contributed by atoms with E-state index >= 15 is 0 Å². The van der Waals surface area contributed by atoms with E-state index in [1.807, 2.05) is 0 Å². The third-order valence-electron chi connectivity index (χ3n) is 6.06. The number of carbonyl (C=O) groups excluding carboxylic acids is 2. The van der Waals surface area contributed by atoms with Crippen molar-refractivity contribution < 1.29 is 28.7 Å². The number of nitro groups is 1. The van der Waals surface area contributed by atoms with Crippen LogP contribution in [0.5, 0.6) is 0 Å². The molecule has 9 nitrogen and oxygen atoms in total. The minimum atomic E-state index is -1.14. The molecule has 0 radical (unpaired) electrons. The summed E-state index contributed by atoms with van der Waals surface area (Å²) in [7, 11) is 0. The monoisotopic (exact) mass is 469 g/mol. The predicted molar refractivity (Wildman–Crippen MR) is 120 cm³/mol. The Morgan fingerprint density at radius 1 is 1.09 bits per heavy atom. The average Bonchev–Trinajstić information content (AvgIpc) is 3.09. The number of para-hydroxylation sites is 1. The van der Waals surface area contributed by atoms with Gasteiger partial charge in [-0.2, -0.15) is 0 Å². The molecule has 2 aromatic carbocycles. The maximum atomic E-state index is 13.4. The number of nitro benzene ring substituents is 1. The van der Waals surface area contributed by atoms with Gasteiger partial charge in [-0.05, 0) is 36.8 Å². The number of nitrogens with zero attached hydrogens (tertiary/aromatic N) is 3. The number of likely N-dealkylation sites (tertiary alicyclic amines) is 1. The summed E-state index contributed by atoms with van der Waals surface area (Å²) < 4.78 is 18.7. The highest BCUT2D eigenvalue weighted by molar-refractivity contribution is 6.46. The fraction of sp³-hybridized carbons (Fsp3) is 0.333. The summed E-state index contributed by atoms with van der Waals surface area (Å²) in [5.74, 6) is -2.81. The van der Waals surface area contributed by atoms with E-state index in [1.54, 1.807) is 6.07 Å². The Kier molecular flexibility index (Phi) is 6.99. The van der Waals surface area contributed by atoms with Gasteiger partial charge in [0, 0.05) is 37.8 Å². The lowest BCUT2D eigenvalue weighted by Gasteiger charge is -2.29. The van der Waals surface area contributed by atoms with Crippen molar-refractivity contribution in [2.75, 3.05) is 39.4 Å². The highest BCUT2D eigenvalue weighted by Crippen LogP contribution is 2.42. The number of ether oxygens (including phenoxy) is 1. The normalized spacial score (nSPS) is 20.6. The lowest BCUT2D eigenvalue weighted by Crippen LogP contribution is -2.39. The van der Waals surface area contributed by atoms with Crippen LogP contribution < -0.4 is 0 Å². The van der Waals surface area contributed by atoms with Crippen molar-refractivity contribution in [3.05, 3.63) is 81.2 Å². The first-order valence-corrected chi connectivity index (χ1v) is 11.0. The zero-order valence-corrected chi connectivity index (χ0v) is 18.4. The second-order valence-corrected chi connectivity index (χ2v) is 8.12. The molecule has 2 saturated heterocycles. The number of benzene rings is 2. The van der Waals surface area contributed by atoms with Crippen molar-refractivity contribution in [1.29, 1.82) is 0 Å². The van der Waals surface area contributed by atoms with Crippen LogP contribution in [0.15, 0.2) is 54.1 Å². The van der Waals surface area contributed by atoms with Gasteiger partial charge in [0.2, 0.25) is 0 Å². The quantitative estimate of drug-likeness (QED) is 0.218. The van der Waals surface area contributed by atoms with Crippen molar-refractivity contribution in [2.45, 2.75) is 12.5 Å². The van der Waals surface area contributed by atoms with E-state index in [2.05, 4.69) is 4.90 Å². The highest BCUT2D eigenvalue weighted by atomic mass is 19.1. The topological polar surface area (TPSA) is 113 Å². The summed E-state index contributed by atoms with van der Waals surface area (Å²) >= 11 is 0.